The highest BCUT2D eigenvalue weighted by atomic mass is 32.1. The molecule has 1 aromatic heterocycles. The summed E-state index contributed by atoms with van der Waals surface area (Å²) in [4.78, 5) is 4.75. The Balaban J connectivity index is 2.14. The summed E-state index contributed by atoms with van der Waals surface area (Å²) in [7, 11) is 0. The summed E-state index contributed by atoms with van der Waals surface area (Å²) in [5, 5.41) is 12.7. The number of hydrogen-bond acceptors (Lipinski definition) is 4. The highest BCUT2D eigenvalue weighted by Crippen LogP contribution is 2.26. The molecule has 0 spiro atoms. The van der Waals surface area contributed by atoms with Crippen LogP contribution in [-0.4, -0.2) is 4.98 Å². The van der Waals surface area contributed by atoms with E-state index in [0.717, 1.165) is 10.8 Å². The van der Waals surface area contributed by atoms with Crippen molar-refractivity contribution in [3.05, 3.63) is 40.9 Å². The predicted molar refractivity (Wildman–Crippen MR) is 75.3 cm³/mol. The van der Waals surface area contributed by atoms with Crippen molar-refractivity contribution in [2.24, 2.45) is 0 Å². The van der Waals surface area contributed by atoms with Crippen LogP contribution in [0.1, 0.15) is 31.2 Å². The Hall–Kier alpha value is -1.86. The van der Waals surface area contributed by atoms with Crippen molar-refractivity contribution in [3.8, 4) is 6.07 Å². The van der Waals surface area contributed by atoms with E-state index in [1.807, 2.05) is 12.1 Å². The van der Waals surface area contributed by atoms with Gasteiger partial charge in [0.2, 0.25) is 0 Å². The Labute approximate surface area is 111 Å². The van der Waals surface area contributed by atoms with Crippen LogP contribution in [0.3, 0.4) is 0 Å². The maximum atomic E-state index is 8.74. The van der Waals surface area contributed by atoms with Gasteiger partial charge < -0.3 is 5.32 Å². The van der Waals surface area contributed by atoms with Crippen molar-refractivity contribution in [2.45, 2.75) is 26.2 Å². The molecule has 18 heavy (non-hydrogen) atoms. The number of rotatable bonds is 2. The summed E-state index contributed by atoms with van der Waals surface area (Å²) in [6, 6.07) is 10.4. The van der Waals surface area contributed by atoms with Gasteiger partial charge in [-0.3, -0.25) is 0 Å². The zero-order valence-electron chi connectivity index (χ0n) is 10.7. The molecule has 1 aromatic carbocycles. The Morgan fingerprint density at radius 3 is 2.39 bits per heavy atom. The molecule has 0 saturated heterocycles. The van der Waals surface area contributed by atoms with Gasteiger partial charge in [0.25, 0.3) is 0 Å². The minimum atomic E-state index is 0.160. The molecule has 0 fully saturated rings. The van der Waals surface area contributed by atoms with Gasteiger partial charge in [-0.2, -0.15) is 5.26 Å². The molecule has 3 nitrogen and oxygen atoms in total. The van der Waals surface area contributed by atoms with Crippen LogP contribution in [0, 0.1) is 11.3 Å². The van der Waals surface area contributed by atoms with E-state index in [9.17, 15) is 0 Å². The molecular formula is C14H15N3S. The quantitative estimate of drug-likeness (QED) is 0.882. The van der Waals surface area contributed by atoms with Crippen molar-refractivity contribution in [1.29, 1.82) is 5.26 Å². The van der Waals surface area contributed by atoms with Gasteiger partial charge in [-0.25, -0.2) is 4.98 Å². The first-order chi connectivity index (χ1) is 8.49. The Bertz CT molecular complexity index is 570. The maximum absolute atomic E-state index is 8.74. The molecule has 0 aliphatic heterocycles. The first-order valence-corrected chi connectivity index (χ1v) is 6.54. The average molecular weight is 257 g/mol. The second-order valence-electron chi connectivity index (χ2n) is 5.09. The molecular weight excluding hydrogens is 242 g/mol. The third-order valence-corrected chi connectivity index (χ3v) is 3.44. The van der Waals surface area contributed by atoms with Gasteiger partial charge in [-0.1, -0.05) is 44.2 Å². The molecule has 0 atom stereocenters. The summed E-state index contributed by atoms with van der Waals surface area (Å²) in [6.45, 7) is 6.57. The molecule has 2 rings (SSSR count). The van der Waals surface area contributed by atoms with Crippen molar-refractivity contribution >= 4 is 22.2 Å². The molecule has 0 aliphatic rings. The number of thiazole rings is 1. The van der Waals surface area contributed by atoms with Gasteiger partial charge in [-0.05, 0) is 23.1 Å². The second-order valence-corrected chi connectivity index (χ2v) is 6.12. The van der Waals surface area contributed by atoms with Crippen molar-refractivity contribution in [3.63, 3.8) is 0 Å². The van der Waals surface area contributed by atoms with Crippen molar-refractivity contribution in [2.75, 3.05) is 5.32 Å². The van der Waals surface area contributed by atoms with Crippen LogP contribution in [0.2, 0.25) is 0 Å². The number of nitrogens with one attached hydrogen (secondary N) is 1. The van der Waals surface area contributed by atoms with Gasteiger partial charge in [-0.15, -0.1) is 0 Å². The summed E-state index contributed by atoms with van der Waals surface area (Å²) in [5.41, 5.74) is 2.44. The van der Waals surface area contributed by atoms with E-state index in [1.165, 1.54) is 16.9 Å². The molecule has 0 radical (unpaired) electrons. The molecule has 1 N–H and O–H groups in total. The lowest BCUT2D eigenvalue weighted by molar-refractivity contribution is 0.590. The van der Waals surface area contributed by atoms with E-state index in [2.05, 4.69) is 49.3 Å². The van der Waals surface area contributed by atoms with Gasteiger partial charge in [0.1, 0.15) is 10.9 Å². The molecule has 2 aromatic rings. The van der Waals surface area contributed by atoms with Gasteiger partial charge >= 0.3 is 0 Å². The van der Waals surface area contributed by atoms with Gasteiger partial charge in [0.05, 0.1) is 6.20 Å². The monoisotopic (exact) mass is 257 g/mol. The SMILES string of the molecule is CC(C)(C)c1ccc(Nc2ncc(C#N)s2)cc1. The van der Waals surface area contributed by atoms with Crippen molar-refractivity contribution < 1.29 is 0 Å². The first kappa shape index (κ1) is 12.6. The number of benzene rings is 1. The van der Waals surface area contributed by atoms with E-state index in [4.69, 9.17) is 5.26 Å². The number of nitrogens with zero attached hydrogens (tertiary/aromatic N) is 2. The van der Waals surface area contributed by atoms with Crippen LogP contribution in [0.4, 0.5) is 10.8 Å². The minimum absolute atomic E-state index is 0.160. The fourth-order valence-corrected chi connectivity index (χ4v) is 2.19. The van der Waals surface area contributed by atoms with Crippen LogP contribution < -0.4 is 5.32 Å². The number of aromatic nitrogens is 1. The largest absolute Gasteiger partial charge is 0.332 e. The number of anilines is 2. The highest BCUT2D eigenvalue weighted by Gasteiger charge is 2.12. The van der Waals surface area contributed by atoms with E-state index >= 15 is 0 Å². The highest BCUT2D eigenvalue weighted by molar-refractivity contribution is 7.16. The number of nitriles is 1. The standard InChI is InChI=1S/C14H15N3S/c1-14(2,3)10-4-6-11(7-5-10)17-13-16-9-12(8-15)18-13/h4-7,9H,1-3H3,(H,16,17). The third-order valence-electron chi connectivity index (χ3n) is 2.62. The smallest absolute Gasteiger partial charge is 0.188 e. The summed E-state index contributed by atoms with van der Waals surface area (Å²) in [6.07, 6.45) is 1.58. The van der Waals surface area contributed by atoms with E-state index in [0.29, 0.717) is 4.88 Å². The van der Waals surface area contributed by atoms with Crippen LogP contribution in [0.5, 0.6) is 0 Å². The zero-order valence-corrected chi connectivity index (χ0v) is 11.5. The van der Waals surface area contributed by atoms with Gasteiger partial charge in [0, 0.05) is 5.69 Å². The molecule has 0 saturated carbocycles. The molecule has 0 aliphatic carbocycles. The van der Waals surface area contributed by atoms with E-state index < -0.39 is 0 Å². The van der Waals surface area contributed by atoms with Crippen LogP contribution in [0.25, 0.3) is 0 Å². The number of hydrogen-bond donors (Lipinski definition) is 1. The lowest BCUT2D eigenvalue weighted by atomic mass is 9.87. The van der Waals surface area contributed by atoms with E-state index in [1.54, 1.807) is 6.20 Å². The average Bonchev–Trinajstić information content (AvgIpc) is 2.76. The Morgan fingerprint density at radius 1 is 1.22 bits per heavy atom. The predicted octanol–water partition coefficient (Wildman–Crippen LogP) is 4.06. The summed E-state index contributed by atoms with van der Waals surface area (Å²) in [5.74, 6) is 0. The topological polar surface area (TPSA) is 48.7 Å². The molecule has 0 unspecified atom stereocenters. The Kier molecular flexibility index (Phi) is 3.35. The van der Waals surface area contributed by atoms with E-state index in [-0.39, 0.29) is 5.41 Å². The van der Waals surface area contributed by atoms with Gasteiger partial charge in [0.15, 0.2) is 5.13 Å². The molecule has 0 amide bonds. The summed E-state index contributed by atoms with van der Waals surface area (Å²) >= 11 is 1.35. The molecule has 4 heteroatoms. The lowest BCUT2D eigenvalue weighted by Crippen LogP contribution is -2.10. The lowest BCUT2D eigenvalue weighted by Gasteiger charge is -2.19. The molecule has 0 bridgehead atoms. The zero-order chi connectivity index (χ0) is 13.2. The normalized spacial score (nSPS) is 11.0. The summed E-state index contributed by atoms with van der Waals surface area (Å²) < 4.78 is 0. The fourth-order valence-electron chi connectivity index (χ4n) is 1.56. The van der Waals surface area contributed by atoms with Crippen molar-refractivity contribution in [1.82, 2.24) is 4.98 Å². The third kappa shape index (κ3) is 2.88. The minimum Gasteiger partial charge on any atom is -0.332 e. The fraction of sp³-hybridized carbons (Fsp3) is 0.286. The first-order valence-electron chi connectivity index (χ1n) is 5.72. The second kappa shape index (κ2) is 4.79. The van der Waals surface area contributed by atoms with Crippen LogP contribution in [0.15, 0.2) is 30.5 Å². The van der Waals surface area contributed by atoms with Crippen LogP contribution >= 0.6 is 11.3 Å². The maximum Gasteiger partial charge on any atom is 0.188 e. The van der Waals surface area contributed by atoms with Crippen LogP contribution in [-0.2, 0) is 5.41 Å². The molecule has 92 valence electrons. The molecule has 1 heterocycles. The Morgan fingerprint density at radius 2 is 1.89 bits per heavy atom.